The van der Waals surface area contributed by atoms with Crippen molar-refractivity contribution in [1.29, 1.82) is 0 Å². The van der Waals surface area contributed by atoms with Gasteiger partial charge in [0.2, 0.25) is 0 Å². The van der Waals surface area contributed by atoms with Gasteiger partial charge in [-0.1, -0.05) is 18.6 Å². The van der Waals surface area contributed by atoms with Crippen LogP contribution in [0.25, 0.3) is 0 Å². The third-order valence-electron chi connectivity index (χ3n) is 5.42. The molecule has 0 aromatic heterocycles. The molecule has 1 aliphatic rings. The molecular weight excluding hydrogens is 481 g/mol. The van der Waals surface area contributed by atoms with Crippen molar-refractivity contribution in [3.05, 3.63) is 29.8 Å². The fourth-order valence-electron chi connectivity index (χ4n) is 3.38. The summed E-state index contributed by atoms with van der Waals surface area (Å²) >= 11 is 0. The molecule has 0 bridgehead atoms. The van der Waals surface area contributed by atoms with Gasteiger partial charge in [-0.05, 0) is 55.7 Å². The number of hydrogen-bond donors (Lipinski definition) is 2. The number of benzene rings is 1. The normalized spacial score (nSPS) is 15.2. The molecule has 0 saturated heterocycles. The molecule has 7 heteroatoms. The lowest BCUT2D eigenvalue weighted by atomic mass is 9.67. The molecule has 1 aromatic rings. The standard InChI is InChI=1S/C22H37N3O3.HI/c1-4-28-15-6-14-23-21(24-17-19-7-9-20(27-3)10-8-19)25-18-22(11-5-12-22)13-16-26-2;/h7-10H,4-6,11-18H2,1-3H3,(H2,23,24,25);1H. The van der Waals surface area contributed by atoms with Gasteiger partial charge in [-0.2, -0.15) is 0 Å². The second-order valence-corrected chi connectivity index (χ2v) is 7.44. The van der Waals surface area contributed by atoms with Crippen LogP contribution in [0.5, 0.6) is 5.75 Å². The van der Waals surface area contributed by atoms with Crippen LogP contribution in [0.4, 0.5) is 0 Å². The minimum absolute atomic E-state index is 0. The molecule has 0 aliphatic heterocycles. The molecule has 2 rings (SSSR count). The van der Waals surface area contributed by atoms with Crippen LogP contribution in [0.2, 0.25) is 0 Å². The molecule has 0 heterocycles. The van der Waals surface area contributed by atoms with E-state index in [1.807, 2.05) is 19.1 Å². The zero-order valence-electron chi connectivity index (χ0n) is 18.2. The molecule has 6 nitrogen and oxygen atoms in total. The van der Waals surface area contributed by atoms with Crippen LogP contribution in [0, 0.1) is 5.41 Å². The van der Waals surface area contributed by atoms with Crippen molar-refractivity contribution in [1.82, 2.24) is 10.6 Å². The quantitative estimate of drug-likeness (QED) is 0.179. The van der Waals surface area contributed by atoms with Gasteiger partial charge < -0.3 is 24.8 Å². The van der Waals surface area contributed by atoms with Gasteiger partial charge >= 0.3 is 0 Å². The lowest BCUT2D eigenvalue weighted by Gasteiger charge is -2.42. The van der Waals surface area contributed by atoms with Crippen molar-refractivity contribution in [3.8, 4) is 5.75 Å². The number of rotatable bonds is 13. The van der Waals surface area contributed by atoms with Gasteiger partial charge in [0.25, 0.3) is 0 Å². The highest BCUT2D eigenvalue weighted by molar-refractivity contribution is 14.0. The lowest BCUT2D eigenvalue weighted by Crippen LogP contribution is -2.47. The average molecular weight is 519 g/mol. The summed E-state index contributed by atoms with van der Waals surface area (Å²) in [4.78, 5) is 4.79. The molecule has 1 saturated carbocycles. The zero-order valence-corrected chi connectivity index (χ0v) is 20.5. The van der Waals surface area contributed by atoms with E-state index >= 15 is 0 Å². The molecule has 0 radical (unpaired) electrons. The van der Waals surface area contributed by atoms with Crippen LogP contribution >= 0.6 is 24.0 Å². The van der Waals surface area contributed by atoms with E-state index in [-0.39, 0.29) is 24.0 Å². The summed E-state index contributed by atoms with van der Waals surface area (Å²) in [6.45, 7) is 6.80. The SMILES string of the molecule is CCOCCCNC(=NCc1ccc(OC)cc1)NCC1(CCOC)CCC1.I. The summed E-state index contributed by atoms with van der Waals surface area (Å²) in [5.41, 5.74) is 1.51. The molecule has 0 spiro atoms. The van der Waals surface area contributed by atoms with Gasteiger partial charge in [-0.25, -0.2) is 4.99 Å². The van der Waals surface area contributed by atoms with E-state index in [4.69, 9.17) is 19.2 Å². The highest BCUT2D eigenvalue weighted by atomic mass is 127. The second kappa shape index (κ2) is 14.8. The monoisotopic (exact) mass is 519 g/mol. The summed E-state index contributed by atoms with van der Waals surface area (Å²) in [6.07, 6.45) is 5.91. The number of ether oxygens (including phenoxy) is 3. The molecule has 0 unspecified atom stereocenters. The number of halogens is 1. The van der Waals surface area contributed by atoms with Crippen LogP contribution < -0.4 is 15.4 Å². The van der Waals surface area contributed by atoms with E-state index in [0.29, 0.717) is 12.0 Å². The molecule has 29 heavy (non-hydrogen) atoms. The van der Waals surface area contributed by atoms with Gasteiger partial charge in [0.1, 0.15) is 5.75 Å². The van der Waals surface area contributed by atoms with Crippen LogP contribution in [0.3, 0.4) is 0 Å². The summed E-state index contributed by atoms with van der Waals surface area (Å²) in [5.74, 6) is 1.74. The number of nitrogens with zero attached hydrogens (tertiary/aromatic N) is 1. The van der Waals surface area contributed by atoms with Crippen LogP contribution in [0.15, 0.2) is 29.3 Å². The maximum Gasteiger partial charge on any atom is 0.191 e. The number of aliphatic imine (C=N–C) groups is 1. The first-order valence-corrected chi connectivity index (χ1v) is 10.4. The molecule has 1 aromatic carbocycles. The topological polar surface area (TPSA) is 64.1 Å². The molecule has 166 valence electrons. The Kier molecular flexibility index (Phi) is 13.3. The zero-order chi connectivity index (χ0) is 20.1. The van der Waals surface area contributed by atoms with E-state index in [2.05, 4.69) is 22.8 Å². The van der Waals surface area contributed by atoms with E-state index in [1.165, 1.54) is 19.3 Å². The van der Waals surface area contributed by atoms with Crippen LogP contribution in [0.1, 0.15) is 44.6 Å². The van der Waals surface area contributed by atoms with Gasteiger partial charge in [0.15, 0.2) is 5.96 Å². The minimum atomic E-state index is 0. The maximum atomic E-state index is 5.43. The average Bonchev–Trinajstić information content (AvgIpc) is 2.70. The number of nitrogens with one attached hydrogen (secondary N) is 2. The molecule has 0 atom stereocenters. The third-order valence-corrected chi connectivity index (χ3v) is 5.42. The first kappa shape index (κ1) is 26.0. The highest BCUT2D eigenvalue weighted by Crippen LogP contribution is 2.43. The lowest BCUT2D eigenvalue weighted by molar-refractivity contribution is 0.0732. The van der Waals surface area contributed by atoms with Gasteiger partial charge in [0.05, 0.1) is 13.7 Å². The second-order valence-electron chi connectivity index (χ2n) is 7.44. The third kappa shape index (κ3) is 9.53. The molecular formula is C22H38IN3O3. The van der Waals surface area contributed by atoms with Crippen LogP contribution in [-0.4, -0.2) is 53.1 Å². The Balaban J connectivity index is 0.00000420. The maximum absolute atomic E-state index is 5.43. The van der Waals surface area contributed by atoms with E-state index in [0.717, 1.165) is 63.0 Å². The Hall–Kier alpha value is -1.06. The van der Waals surface area contributed by atoms with Crippen molar-refractivity contribution >= 4 is 29.9 Å². The molecule has 1 aliphatic carbocycles. The summed E-state index contributed by atoms with van der Waals surface area (Å²) in [5, 5.41) is 7.02. The van der Waals surface area contributed by atoms with Gasteiger partial charge in [0, 0.05) is 40.0 Å². The highest BCUT2D eigenvalue weighted by Gasteiger charge is 2.36. The Morgan fingerprint density at radius 2 is 1.86 bits per heavy atom. The largest absolute Gasteiger partial charge is 0.497 e. The predicted molar refractivity (Wildman–Crippen MR) is 129 cm³/mol. The first-order valence-electron chi connectivity index (χ1n) is 10.4. The number of guanidine groups is 1. The fourth-order valence-corrected chi connectivity index (χ4v) is 3.38. The summed E-state index contributed by atoms with van der Waals surface area (Å²) in [7, 11) is 3.46. The molecule has 1 fully saturated rings. The summed E-state index contributed by atoms with van der Waals surface area (Å²) in [6, 6.07) is 8.06. The Bertz CT molecular complexity index is 577. The van der Waals surface area contributed by atoms with Crippen molar-refractivity contribution in [2.24, 2.45) is 10.4 Å². The molecule has 2 N–H and O–H groups in total. The minimum Gasteiger partial charge on any atom is -0.497 e. The summed E-state index contributed by atoms with van der Waals surface area (Å²) < 4.78 is 16.0. The van der Waals surface area contributed by atoms with E-state index in [1.54, 1.807) is 14.2 Å². The molecule has 0 amide bonds. The Morgan fingerprint density at radius 1 is 1.10 bits per heavy atom. The Labute approximate surface area is 193 Å². The van der Waals surface area contributed by atoms with Crippen molar-refractivity contribution < 1.29 is 14.2 Å². The van der Waals surface area contributed by atoms with Crippen molar-refractivity contribution in [2.45, 2.75) is 45.6 Å². The van der Waals surface area contributed by atoms with E-state index in [9.17, 15) is 0 Å². The predicted octanol–water partition coefficient (Wildman–Crippen LogP) is 3.98. The van der Waals surface area contributed by atoms with E-state index < -0.39 is 0 Å². The van der Waals surface area contributed by atoms with Gasteiger partial charge in [-0.15, -0.1) is 24.0 Å². The number of methoxy groups -OCH3 is 2. The fraction of sp³-hybridized carbons (Fsp3) is 0.682. The number of hydrogen-bond acceptors (Lipinski definition) is 4. The Morgan fingerprint density at radius 3 is 2.45 bits per heavy atom. The first-order chi connectivity index (χ1) is 13.7. The van der Waals surface area contributed by atoms with Crippen molar-refractivity contribution in [3.63, 3.8) is 0 Å². The van der Waals surface area contributed by atoms with Gasteiger partial charge in [-0.3, -0.25) is 0 Å². The van der Waals surface area contributed by atoms with Crippen molar-refractivity contribution in [2.75, 3.05) is 47.1 Å². The smallest absolute Gasteiger partial charge is 0.191 e. The van der Waals surface area contributed by atoms with Crippen LogP contribution in [-0.2, 0) is 16.0 Å².